The normalized spacial score (nSPS) is 6.62. The minimum atomic E-state index is -0.611. The van der Waals surface area contributed by atoms with E-state index < -0.39 is 10.8 Å². The van der Waals surface area contributed by atoms with Gasteiger partial charge in [0.15, 0.2) is 0 Å². The Hall–Kier alpha value is 1.19. The SMILES string of the molecule is CS(C)=O.CSC.[Pt]. The first kappa shape index (κ1) is 16.1. The standard InChI is InChI=1S/C2H6OS.C2H6S.Pt/c1-4(2)3;1-3-2;/h1-2H3;1-2H3;. The second-order valence-electron chi connectivity index (χ2n) is 1.15. The molecule has 1 nitrogen and oxygen atoms in total. The summed E-state index contributed by atoms with van der Waals surface area (Å²) in [6.07, 6.45) is 7.36. The second kappa shape index (κ2) is 15.7. The topological polar surface area (TPSA) is 17.1 Å². The van der Waals surface area contributed by atoms with Crippen molar-refractivity contribution in [2.75, 3.05) is 25.0 Å². The molecule has 0 unspecified atom stereocenters. The Balaban J connectivity index is -0.0000000575. The molecule has 4 heteroatoms. The minimum Gasteiger partial charge on any atom is -0.260 e. The van der Waals surface area contributed by atoms with E-state index in [0.717, 1.165) is 0 Å². The van der Waals surface area contributed by atoms with Crippen LogP contribution in [0.3, 0.4) is 0 Å². The van der Waals surface area contributed by atoms with Gasteiger partial charge in [-0.25, -0.2) is 0 Å². The fourth-order valence-corrected chi connectivity index (χ4v) is 0. The molecule has 0 aromatic rings. The summed E-state index contributed by atoms with van der Waals surface area (Å²) in [5, 5.41) is 0. The molecule has 8 heavy (non-hydrogen) atoms. The average molecular weight is 335 g/mol. The first-order valence-corrected chi connectivity index (χ1v) is 5.40. The van der Waals surface area contributed by atoms with Gasteiger partial charge in [-0.1, -0.05) is 0 Å². The van der Waals surface area contributed by atoms with Crippen molar-refractivity contribution in [2.24, 2.45) is 0 Å². The van der Waals surface area contributed by atoms with Crippen molar-refractivity contribution in [3.63, 3.8) is 0 Å². The van der Waals surface area contributed by atoms with Crippen LogP contribution in [0.1, 0.15) is 0 Å². The predicted octanol–water partition coefficient (Wildman–Crippen LogP) is 0.971. The Labute approximate surface area is 72.7 Å². The molecule has 0 aliphatic carbocycles. The van der Waals surface area contributed by atoms with Crippen LogP contribution in [0, 0.1) is 0 Å². The number of thioether (sulfide) groups is 1. The minimum absolute atomic E-state index is 0. The molecule has 0 amide bonds. The third-order valence-electron chi connectivity index (χ3n) is 0. The fraction of sp³-hybridized carbons (Fsp3) is 1.00. The first-order valence-electron chi connectivity index (χ1n) is 1.80. The van der Waals surface area contributed by atoms with E-state index in [1.165, 1.54) is 0 Å². The van der Waals surface area contributed by atoms with Crippen LogP contribution in [0.2, 0.25) is 0 Å². The van der Waals surface area contributed by atoms with Crippen molar-refractivity contribution in [3.05, 3.63) is 0 Å². The van der Waals surface area contributed by atoms with Gasteiger partial charge < -0.3 is 0 Å². The maximum absolute atomic E-state index is 9.56. The van der Waals surface area contributed by atoms with Crippen LogP contribution >= 0.6 is 11.8 Å². The van der Waals surface area contributed by atoms with Crippen LogP contribution in [-0.4, -0.2) is 29.2 Å². The maximum Gasteiger partial charge on any atom is 0.0148 e. The molecule has 0 bridgehead atoms. The van der Waals surface area contributed by atoms with Gasteiger partial charge in [-0.15, -0.1) is 0 Å². The van der Waals surface area contributed by atoms with Crippen molar-refractivity contribution < 1.29 is 25.3 Å². The van der Waals surface area contributed by atoms with Crippen LogP contribution in [-0.2, 0) is 31.9 Å². The second-order valence-corrected chi connectivity index (χ2v) is 3.45. The number of hydrogen-bond acceptors (Lipinski definition) is 2. The third kappa shape index (κ3) is 195. The molecule has 56 valence electrons. The first-order chi connectivity index (χ1) is 3.15. The maximum atomic E-state index is 9.56. The van der Waals surface area contributed by atoms with Gasteiger partial charge in [0.1, 0.15) is 0 Å². The molecule has 0 heterocycles. The van der Waals surface area contributed by atoms with E-state index in [1.54, 1.807) is 24.3 Å². The van der Waals surface area contributed by atoms with E-state index in [-0.39, 0.29) is 21.1 Å². The summed E-state index contributed by atoms with van der Waals surface area (Å²) in [4.78, 5) is 0. The van der Waals surface area contributed by atoms with Gasteiger partial charge in [-0.2, -0.15) is 11.8 Å². The van der Waals surface area contributed by atoms with Crippen molar-refractivity contribution in [1.82, 2.24) is 0 Å². The molecule has 0 N–H and O–H groups in total. The van der Waals surface area contributed by atoms with Gasteiger partial charge in [0, 0.05) is 44.4 Å². The van der Waals surface area contributed by atoms with Crippen molar-refractivity contribution in [1.29, 1.82) is 0 Å². The summed E-state index contributed by atoms with van der Waals surface area (Å²) in [7, 11) is -0.611. The molecule has 0 aliphatic rings. The van der Waals surface area contributed by atoms with Crippen LogP contribution in [0.25, 0.3) is 0 Å². The smallest absolute Gasteiger partial charge is 0.0148 e. The van der Waals surface area contributed by atoms with Crippen LogP contribution in [0.15, 0.2) is 0 Å². The van der Waals surface area contributed by atoms with Crippen molar-refractivity contribution in [2.45, 2.75) is 0 Å². The fourth-order valence-electron chi connectivity index (χ4n) is 0. The molecular weight excluding hydrogens is 323 g/mol. The van der Waals surface area contributed by atoms with Gasteiger partial charge in [0.2, 0.25) is 0 Å². The van der Waals surface area contributed by atoms with Crippen LogP contribution in [0.4, 0.5) is 0 Å². The third-order valence-corrected chi connectivity index (χ3v) is 0. The molecule has 0 fully saturated rings. The van der Waals surface area contributed by atoms with Gasteiger partial charge in [0.05, 0.1) is 0 Å². The van der Waals surface area contributed by atoms with Gasteiger partial charge in [-0.3, -0.25) is 4.21 Å². The predicted molar refractivity (Wildman–Crippen MR) is 39.4 cm³/mol. The average Bonchev–Trinajstić information content (AvgIpc) is 1.33. The van der Waals surface area contributed by atoms with Crippen LogP contribution in [0.5, 0.6) is 0 Å². The summed E-state index contributed by atoms with van der Waals surface area (Å²) in [5.74, 6) is 0. The number of rotatable bonds is 0. The van der Waals surface area contributed by atoms with E-state index in [2.05, 4.69) is 0 Å². The summed E-state index contributed by atoms with van der Waals surface area (Å²) in [6, 6.07) is 0. The van der Waals surface area contributed by atoms with Crippen molar-refractivity contribution in [3.8, 4) is 0 Å². The quantitative estimate of drug-likeness (QED) is 0.656. The summed E-state index contributed by atoms with van der Waals surface area (Å²) in [5.41, 5.74) is 0. The van der Waals surface area contributed by atoms with E-state index in [1.807, 2.05) is 12.5 Å². The van der Waals surface area contributed by atoms with Gasteiger partial charge in [-0.05, 0) is 12.5 Å². The molecular formula is C4H12OPtS2. The molecule has 0 saturated heterocycles. The van der Waals surface area contributed by atoms with Gasteiger partial charge >= 0.3 is 0 Å². The van der Waals surface area contributed by atoms with E-state index in [0.29, 0.717) is 0 Å². The molecule has 0 saturated carbocycles. The molecule has 0 aromatic carbocycles. The molecule has 0 rings (SSSR count). The van der Waals surface area contributed by atoms with E-state index >= 15 is 0 Å². The molecule has 0 aromatic heterocycles. The van der Waals surface area contributed by atoms with Crippen molar-refractivity contribution >= 4 is 22.6 Å². The molecule has 0 aliphatic heterocycles. The zero-order chi connectivity index (χ0) is 6.28. The summed E-state index contributed by atoms with van der Waals surface area (Å²) in [6.45, 7) is 0. The number of hydrogen-bond donors (Lipinski definition) is 0. The zero-order valence-electron chi connectivity index (χ0n) is 5.54. The Morgan fingerprint density at radius 1 is 1.25 bits per heavy atom. The molecule has 0 radical (unpaired) electrons. The van der Waals surface area contributed by atoms with Gasteiger partial charge in [0.25, 0.3) is 0 Å². The Kier molecular flexibility index (Phi) is 31.6. The zero-order valence-corrected chi connectivity index (χ0v) is 9.45. The molecule has 0 atom stereocenters. The Morgan fingerprint density at radius 3 is 1.25 bits per heavy atom. The van der Waals surface area contributed by atoms with E-state index in [4.69, 9.17) is 0 Å². The Morgan fingerprint density at radius 2 is 1.25 bits per heavy atom. The summed E-state index contributed by atoms with van der Waals surface area (Å²) >= 11 is 1.75. The summed E-state index contributed by atoms with van der Waals surface area (Å²) < 4.78 is 9.56. The largest absolute Gasteiger partial charge is 0.260 e. The Bertz CT molecular complexity index is 45.3. The van der Waals surface area contributed by atoms with Crippen LogP contribution < -0.4 is 0 Å². The molecule has 0 spiro atoms. The van der Waals surface area contributed by atoms with E-state index in [9.17, 15) is 4.21 Å². The monoisotopic (exact) mass is 335 g/mol.